The number of pyridine rings is 2. The molecule has 6 rings (SSSR count). The van der Waals surface area contributed by atoms with Crippen molar-refractivity contribution in [3.63, 3.8) is 0 Å². The summed E-state index contributed by atoms with van der Waals surface area (Å²) in [7, 11) is 0. The van der Waals surface area contributed by atoms with E-state index in [2.05, 4.69) is 97.9 Å². The second-order valence-corrected chi connectivity index (χ2v) is 9.50. The number of fused-ring (bicyclic) bond motifs is 3. The molecule has 0 aliphatic carbocycles. The van der Waals surface area contributed by atoms with Crippen molar-refractivity contribution in [2.45, 2.75) is 27.7 Å². The maximum absolute atomic E-state index is 9.00. The van der Waals surface area contributed by atoms with E-state index in [0.29, 0.717) is 5.56 Å². The fourth-order valence-electron chi connectivity index (χ4n) is 4.98. The van der Waals surface area contributed by atoms with E-state index in [9.17, 15) is 0 Å². The van der Waals surface area contributed by atoms with Crippen LogP contribution >= 0.6 is 0 Å². The van der Waals surface area contributed by atoms with Crippen LogP contribution in [0, 0.1) is 43.2 Å². The summed E-state index contributed by atoms with van der Waals surface area (Å²) in [5.74, 6) is 1.37. The molecule has 4 heteroatoms. The summed E-state index contributed by atoms with van der Waals surface area (Å²) < 4.78 is 2.34. The molecule has 0 saturated carbocycles. The Labute approximate surface area is 245 Å². The minimum atomic E-state index is 0. The van der Waals surface area contributed by atoms with Gasteiger partial charge in [-0.3, -0.25) is 0 Å². The average molecular weight is 684 g/mol. The van der Waals surface area contributed by atoms with Crippen molar-refractivity contribution in [3.8, 4) is 39.7 Å². The Morgan fingerprint density at radius 1 is 0.846 bits per heavy atom. The first-order chi connectivity index (χ1) is 18.5. The van der Waals surface area contributed by atoms with Gasteiger partial charge in [0.15, 0.2) is 0 Å². The van der Waals surface area contributed by atoms with Gasteiger partial charge < -0.3 is 9.55 Å². The molecule has 0 N–H and O–H groups in total. The van der Waals surface area contributed by atoms with Gasteiger partial charge in [-0.25, -0.2) is 0 Å². The Hall–Kier alpha value is -4.16. The maximum atomic E-state index is 9.00. The van der Waals surface area contributed by atoms with Crippen LogP contribution in [0.2, 0.25) is 0 Å². The molecule has 3 aromatic carbocycles. The normalized spacial score (nSPS) is 11.3. The molecular weight excluding hydrogens is 655 g/mol. The first-order valence-corrected chi connectivity index (χ1v) is 12.7. The fraction of sp³-hybridized carbons (Fsp3) is 0.114. The van der Waals surface area contributed by atoms with Crippen molar-refractivity contribution in [1.82, 2.24) is 4.98 Å². The number of aromatic nitrogens is 2. The van der Waals surface area contributed by atoms with Crippen LogP contribution in [0.5, 0.6) is 0 Å². The molecule has 0 spiro atoms. The Kier molecular flexibility index (Phi) is 8.67. The summed E-state index contributed by atoms with van der Waals surface area (Å²) in [5.41, 5.74) is 11.0. The van der Waals surface area contributed by atoms with Crippen LogP contribution in [-0.4, -0.2) is 4.98 Å². The van der Waals surface area contributed by atoms with Gasteiger partial charge in [-0.05, 0) is 49.7 Å². The van der Waals surface area contributed by atoms with Gasteiger partial charge in [-0.15, -0.1) is 59.5 Å². The quantitative estimate of drug-likeness (QED) is 0.141. The first-order valence-electron chi connectivity index (χ1n) is 12.7. The summed E-state index contributed by atoms with van der Waals surface area (Å²) in [6, 6.07) is 39.3. The molecule has 0 saturated heterocycles. The zero-order valence-corrected chi connectivity index (χ0v) is 24.9. The zero-order valence-electron chi connectivity index (χ0n) is 22.5. The number of aryl methyl sites for hydroxylation is 2. The standard InChI is InChI=1S/C19H13N2.C16H16N.Ir/c1-14-10-19(16-7-3-2-4-8-16)21-13-18(14)17-9-5-6-15(11-17)12-20;1-11-7-6-10-16-15-9-5-4-8-14(15)12(2)13(3)17(11)16;/h2-7,9-11,13H,1H3;4-10H,1-3H3;/q2*-1;+3. The van der Waals surface area contributed by atoms with Crippen LogP contribution < -0.4 is 4.57 Å². The Balaban J connectivity index is 0.000000180. The molecule has 0 radical (unpaired) electrons. The number of benzene rings is 3. The molecule has 39 heavy (non-hydrogen) atoms. The maximum Gasteiger partial charge on any atom is 3.00 e. The molecule has 0 unspecified atom stereocenters. The molecule has 1 aliphatic rings. The molecule has 3 nitrogen and oxygen atoms in total. The van der Waals surface area contributed by atoms with E-state index in [1.807, 2.05) is 48.7 Å². The molecule has 0 amide bonds. The van der Waals surface area contributed by atoms with Crippen LogP contribution in [0.1, 0.15) is 36.2 Å². The van der Waals surface area contributed by atoms with E-state index in [4.69, 9.17) is 5.26 Å². The zero-order chi connectivity index (χ0) is 26.6. The van der Waals surface area contributed by atoms with Crippen LogP contribution in [0.25, 0.3) is 33.6 Å². The minimum Gasteiger partial charge on any atom is -0.343 e. The summed E-state index contributed by atoms with van der Waals surface area (Å²) in [6.45, 7) is 8.62. The predicted molar refractivity (Wildman–Crippen MR) is 153 cm³/mol. The van der Waals surface area contributed by atoms with Gasteiger partial charge in [0.25, 0.3) is 0 Å². The first kappa shape index (κ1) is 27.9. The van der Waals surface area contributed by atoms with Gasteiger partial charge in [0.1, 0.15) is 0 Å². The van der Waals surface area contributed by atoms with E-state index in [-0.39, 0.29) is 20.1 Å². The summed E-state index contributed by atoms with van der Waals surface area (Å²) in [6.07, 6.45) is 1.86. The monoisotopic (exact) mass is 684 g/mol. The summed E-state index contributed by atoms with van der Waals surface area (Å²) in [5, 5.41) is 9.00. The topological polar surface area (TPSA) is 40.6 Å². The van der Waals surface area contributed by atoms with Crippen LogP contribution in [0.4, 0.5) is 0 Å². The molecular formula is C35H29IrN3+. The molecule has 192 valence electrons. The van der Waals surface area contributed by atoms with E-state index < -0.39 is 0 Å². The van der Waals surface area contributed by atoms with Gasteiger partial charge in [0.05, 0.1) is 23.0 Å². The van der Waals surface area contributed by atoms with Crippen LogP contribution in [0.3, 0.4) is 0 Å². The van der Waals surface area contributed by atoms with Gasteiger partial charge in [-0.2, -0.15) is 16.9 Å². The van der Waals surface area contributed by atoms with Crippen molar-refractivity contribution < 1.29 is 24.7 Å². The number of rotatable bonds is 2. The molecule has 2 aromatic heterocycles. The second kappa shape index (κ2) is 12.1. The van der Waals surface area contributed by atoms with Crippen molar-refractivity contribution in [2.75, 3.05) is 0 Å². The molecule has 1 aliphatic heterocycles. The third-order valence-electron chi connectivity index (χ3n) is 7.07. The number of hydrogen-bond acceptors (Lipinski definition) is 2. The molecule has 0 atom stereocenters. The van der Waals surface area contributed by atoms with Gasteiger partial charge >= 0.3 is 20.1 Å². The Morgan fingerprint density at radius 3 is 2.36 bits per heavy atom. The average Bonchev–Trinajstić information content (AvgIpc) is 2.96. The third-order valence-corrected chi connectivity index (χ3v) is 7.07. The fourth-order valence-corrected chi connectivity index (χ4v) is 4.98. The Morgan fingerprint density at radius 2 is 1.62 bits per heavy atom. The predicted octanol–water partition coefficient (Wildman–Crippen LogP) is 7.70. The molecule has 5 aromatic rings. The van der Waals surface area contributed by atoms with Crippen LogP contribution in [0.15, 0.2) is 103 Å². The summed E-state index contributed by atoms with van der Waals surface area (Å²) >= 11 is 0. The van der Waals surface area contributed by atoms with Gasteiger partial charge in [-0.1, -0.05) is 49.4 Å². The van der Waals surface area contributed by atoms with Crippen molar-refractivity contribution in [1.29, 1.82) is 5.26 Å². The van der Waals surface area contributed by atoms with Crippen molar-refractivity contribution in [2.24, 2.45) is 0 Å². The van der Waals surface area contributed by atoms with Crippen molar-refractivity contribution >= 4 is 0 Å². The number of nitrogens with zero attached hydrogens (tertiary/aromatic N) is 3. The number of nitriles is 1. The SMILES string of the molecule is Cc1cc(-c2[c-]cccc2)ncc1-c1cccc(C#N)c1.Cc1cccc2[n+]1[C-](C)[C-](C)c1ccccc1-2.[Ir+3]. The molecule has 0 bridgehead atoms. The van der Waals surface area contributed by atoms with Crippen molar-refractivity contribution in [3.05, 3.63) is 144 Å². The molecule has 3 heterocycles. The molecule has 0 fully saturated rings. The largest absolute Gasteiger partial charge is 3.00 e. The minimum absolute atomic E-state index is 0. The smallest absolute Gasteiger partial charge is 0.343 e. The number of hydrogen-bond donors (Lipinski definition) is 0. The van der Waals surface area contributed by atoms with Gasteiger partial charge in [0.2, 0.25) is 0 Å². The second-order valence-electron chi connectivity index (χ2n) is 9.50. The van der Waals surface area contributed by atoms with E-state index in [0.717, 1.165) is 27.9 Å². The van der Waals surface area contributed by atoms with Crippen LogP contribution in [-0.2, 0) is 20.1 Å². The van der Waals surface area contributed by atoms with Gasteiger partial charge in [0, 0.05) is 17.8 Å². The van der Waals surface area contributed by atoms with E-state index in [1.165, 1.54) is 34.5 Å². The summed E-state index contributed by atoms with van der Waals surface area (Å²) in [4.78, 5) is 4.53. The van der Waals surface area contributed by atoms with E-state index >= 15 is 0 Å². The van der Waals surface area contributed by atoms with E-state index in [1.54, 1.807) is 6.07 Å². The Bertz CT molecular complexity index is 1640. The third kappa shape index (κ3) is 5.66.